The quantitative estimate of drug-likeness (QED) is 0.900. The van der Waals surface area contributed by atoms with Crippen molar-refractivity contribution in [3.63, 3.8) is 0 Å². The summed E-state index contributed by atoms with van der Waals surface area (Å²) in [6, 6.07) is 10.5. The summed E-state index contributed by atoms with van der Waals surface area (Å²) in [5, 5.41) is 2.59. The third-order valence-electron chi connectivity index (χ3n) is 2.94. The number of nitrogens with one attached hydrogen (secondary N) is 2. The number of sulfonamides is 1. The maximum absolute atomic E-state index is 12.9. The molecule has 6 nitrogen and oxygen atoms in total. The third-order valence-corrected chi connectivity index (χ3v) is 4.32. The van der Waals surface area contributed by atoms with Crippen molar-refractivity contribution in [1.82, 2.24) is 4.90 Å². The minimum atomic E-state index is -3.89. The number of benzene rings is 2. The van der Waals surface area contributed by atoms with Crippen LogP contribution in [0.2, 0.25) is 0 Å². The molecule has 0 radical (unpaired) electrons. The van der Waals surface area contributed by atoms with Crippen LogP contribution in [0.15, 0.2) is 53.4 Å². The number of anilines is 2. The monoisotopic (exact) mass is 337 g/mol. The molecule has 0 aliphatic carbocycles. The lowest BCUT2D eigenvalue weighted by molar-refractivity contribution is 0.230. The van der Waals surface area contributed by atoms with Gasteiger partial charge in [0.25, 0.3) is 10.0 Å². The second-order valence-corrected chi connectivity index (χ2v) is 6.61. The van der Waals surface area contributed by atoms with E-state index in [4.69, 9.17) is 0 Å². The van der Waals surface area contributed by atoms with Gasteiger partial charge in [-0.1, -0.05) is 12.1 Å². The van der Waals surface area contributed by atoms with E-state index in [0.29, 0.717) is 5.69 Å². The molecular weight excluding hydrogens is 321 g/mol. The molecule has 23 heavy (non-hydrogen) atoms. The van der Waals surface area contributed by atoms with Crippen LogP contribution in [-0.4, -0.2) is 33.4 Å². The number of para-hydroxylation sites is 2. The Bertz CT molecular complexity index is 805. The molecule has 0 aliphatic heterocycles. The first-order valence-corrected chi connectivity index (χ1v) is 8.13. The van der Waals surface area contributed by atoms with Gasteiger partial charge >= 0.3 is 6.03 Å². The highest BCUT2D eigenvalue weighted by molar-refractivity contribution is 7.92. The summed E-state index contributed by atoms with van der Waals surface area (Å²) in [6.07, 6.45) is 0. The number of hydrogen-bond donors (Lipinski definition) is 2. The van der Waals surface area contributed by atoms with Crippen LogP contribution in [0.1, 0.15) is 0 Å². The van der Waals surface area contributed by atoms with Gasteiger partial charge in [-0.2, -0.15) is 0 Å². The average molecular weight is 337 g/mol. The van der Waals surface area contributed by atoms with Crippen molar-refractivity contribution < 1.29 is 17.6 Å². The van der Waals surface area contributed by atoms with Gasteiger partial charge in [0.15, 0.2) is 0 Å². The number of rotatable bonds is 4. The number of amides is 2. The molecule has 0 saturated carbocycles. The molecule has 8 heteroatoms. The highest BCUT2D eigenvalue weighted by Crippen LogP contribution is 2.24. The molecule has 2 N–H and O–H groups in total. The highest BCUT2D eigenvalue weighted by Gasteiger charge is 2.17. The lowest BCUT2D eigenvalue weighted by atomic mass is 10.3. The van der Waals surface area contributed by atoms with E-state index in [1.807, 2.05) is 0 Å². The van der Waals surface area contributed by atoms with E-state index in [9.17, 15) is 17.6 Å². The minimum Gasteiger partial charge on any atom is -0.331 e. The van der Waals surface area contributed by atoms with Crippen molar-refractivity contribution >= 4 is 27.4 Å². The second-order valence-electron chi connectivity index (χ2n) is 4.93. The Labute approximate surface area is 134 Å². The van der Waals surface area contributed by atoms with Crippen molar-refractivity contribution in [3.8, 4) is 0 Å². The summed E-state index contributed by atoms with van der Waals surface area (Å²) < 4.78 is 40.0. The number of urea groups is 1. The fraction of sp³-hybridized carbons (Fsp3) is 0.133. The number of carbonyl (C=O) groups is 1. The predicted octanol–water partition coefficient (Wildman–Crippen LogP) is 2.72. The molecule has 2 aromatic rings. The summed E-state index contributed by atoms with van der Waals surface area (Å²) in [5.41, 5.74) is 0.531. The summed E-state index contributed by atoms with van der Waals surface area (Å²) in [5.74, 6) is -0.525. The van der Waals surface area contributed by atoms with Crippen LogP contribution in [-0.2, 0) is 10.0 Å². The smallest absolute Gasteiger partial charge is 0.321 e. The third kappa shape index (κ3) is 4.19. The van der Waals surface area contributed by atoms with Crippen LogP contribution >= 0.6 is 0 Å². The van der Waals surface area contributed by atoms with E-state index < -0.39 is 21.9 Å². The molecule has 2 rings (SSSR count). The molecule has 0 unspecified atom stereocenters. The minimum absolute atomic E-state index is 0.0763. The van der Waals surface area contributed by atoms with Gasteiger partial charge in [0.05, 0.1) is 16.3 Å². The van der Waals surface area contributed by atoms with E-state index in [2.05, 4.69) is 10.0 Å². The van der Waals surface area contributed by atoms with Crippen molar-refractivity contribution in [2.45, 2.75) is 4.90 Å². The van der Waals surface area contributed by atoms with Crippen molar-refractivity contribution in [3.05, 3.63) is 54.3 Å². The lowest BCUT2D eigenvalue weighted by Crippen LogP contribution is -2.28. The van der Waals surface area contributed by atoms with E-state index in [-0.39, 0.29) is 10.6 Å². The first-order valence-electron chi connectivity index (χ1n) is 6.65. The normalized spacial score (nSPS) is 10.9. The lowest BCUT2D eigenvalue weighted by Gasteiger charge is -2.16. The van der Waals surface area contributed by atoms with Gasteiger partial charge in [0, 0.05) is 14.1 Å². The van der Waals surface area contributed by atoms with E-state index in [1.165, 1.54) is 23.1 Å². The van der Waals surface area contributed by atoms with Gasteiger partial charge in [-0.3, -0.25) is 4.72 Å². The summed E-state index contributed by atoms with van der Waals surface area (Å²) in [4.78, 5) is 13.0. The average Bonchev–Trinajstić information content (AvgIpc) is 2.49. The molecular formula is C15H16FN3O3S. The Morgan fingerprint density at radius 1 is 1.00 bits per heavy atom. The summed E-state index contributed by atoms with van der Waals surface area (Å²) >= 11 is 0. The van der Waals surface area contributed by atoms with Gasteiger partial charge in [0.2, 0.25) is 0 Å². The highest BCUT2D eigenvalue weighted by atomic mass is 32.2. The number of hydrogen-bond acceptors (Lipinski definition) is 3. The first kappa shape index (κ1) is 16.8. The van der Waals surface area contributed by atoms with E-state index in [1.54, 1.807) is 32.3 Å². The van der Waals surface area contributed by atoms with E-state index in [0.717, 1.165) is 12.1 Å². The topological polar surface area (TPSA) is 78.5 Å². The number of halogens is 1. The fourth-order valence-electron chi connectivity index (χ4n) is 1.73. The zero-order chi connectivity index (χ0) is 17.0. The Balaban J connectivity index is 2.29. The van der Waals surface area contributed by atoms with E-state index >= 15 is 0 Å². The van der Waals surface area contributed by atoms with Crippen LogP contribution in [0, 0.1) is 5.82 Å². The van der Waals surface area contributed by atoms with Crippen LogP contribution in [0.25, 0.3) is 0 Å². The molecule has 0 heterocycles. The van der Waals surface area contributed by atoms with Gasteiger partial charge in [0.1, 0.15) is 5.82 Å². The SMILES string of the molecule is CN(C)C(=O)Nc1ccccc1NS(=O)(=O)c1ccc(F)cc1. The molecule has 2 amide bonds. The molecule has 0 spiro atoms. The largest absolute Gasteiger partial charge is 0.331 e. The zero-order valence-electron chi connectivity index (χ0n) is 12.6. The van der Waals surface area contributed by atoms with Gasteiger partial charge in [-0.25, -0.2) is 17.6 Å². The summed E-state index contributed by atoms with van der Waals surface area (Å²) in [7, 11) is -0.750. The molecule has 0 aromatic heterocycles. The maximum Gasteiger partial charge on any atom is 0.321 e. The van der Waals surface area contributed by atoms with Crippen LogP contribution in [0.3, 0.4) is 0 Å². The molecule has 122 valence electrons. The fourth-order valence-corrected chi connectivity index (χ4v) is 2.81. The first-order chi connectivity index (χ1) is 10.8. The number of nitrogens with zero attached hydrogens (tertiary/aromatic N) is 1. The molecule has 0 saturated heterocycles. The second kappa shape index (κ2) is 6.66. The maximum atomic E-state index is 12.9. The van der Waals surface area contributed by atoms with Crippen molar-refractivity contribution in [2.24, 2.45) is 0 Å². The van der Waals surface area contributed by atoms with Crippen LogP contribution in [0.5, 0.6) is 0 Å². The van der Waals surface area contributed by atoms with Gasteiger partial charge < -0.3 is 10.2 Å². The molecule has 0 bridgehead atoms. The Hall–Kier alpha value is -2.61. The van der Waals surface area contributed by atoms with Crippen molar-refractivity contribution in [1.29, 1.82) is 0 Å². The van der Waals surface area contributed by atoms with Crippen LogP contribution < -0.4 is 10.0 Å². The molecule has 2 aromatic carbocycles. The zero-order valence-corrected chi connectivity index (χ0v) is 13.4. The Kier molecular flexibility index (Phi) is 4.85. The Morgan fingerprint density at radius 3 is 2.13 bits per heavy atom. The molecule has 0 aliphatic rings. The Morgan fingerprint density at radius 2 is 1.57 bits per heavy atom. The summed E-state index contributed by atoms with van der Waals surface area (Å²) in [6.45, 7) is 0. The van der Waals surface area contributed by atoms with Crippen molar-refractivity contribution in [2.75, 3.05) is 24.1 Å². The molecule has 0 fully saturated rings. The van der Waals surface area contributed by atoms with Gasteiger partial charge in [-0.05, 0) is 36.4 Å². The number of carbonyl (C=O) groups excluding carboxylic acids is 1. The molecule has 0 atom stereocenters. The van der Waals surface area contributed by atoms with Gasteiger partial charge in [-0.15, -0.1) is 0 Å². The van der Waals surface area contributed by atoms with Crippen LogP contribution in [0.4, 0.5) is 20.6 Å². The predicted molar refractivity (Wildman–Crippen MR) is 86.4 cm³/mol. The standard InChI is InChI=1S/C15H16FN3O3S/c1-19(2)15(20)17-13-5-3-4-6-14(13)18-23(21,22)12-9-7-11(16)8-10-12/h3-10,18H,1-2H3,(H,17,20).